The fraction of sp³-hybridized carbons (Fsp3) is 0.278. The number of nitrogens with two attached hydrogens (primary N) is 1. The molecule has 5 N–H and O–H groups in total. The number of H-pyrrole nitrogens is 1. The van der Waals surface area contributed by atoms with Crippen LogP contribution in [-0.4, -0.2) is 21.3 Å². The molecule has 0 radical (unpaired) electrons. The minimum atomic E-state index is -1.10. The lowest BCUT2D eigenvalue weighted by molar-refractivity contribution is 0.319. The van der Waals surface area contributed by atoms with Gasteiger partial charge in [-0.15, -0.1) is 0 Å². The first-order chi connectivity index (χ1) is 12.3. The topological polar surface area (TPSA) is 117 Å². The van der Waals surface area contributed by atoms with E-state index in [0.29, 0.717) is 11.7 Å². The molecule has 1 atom stereocenters. The Kier molecular flexibility index (Phi) is 3.58. The highest BCUT2D eigenvalue weighted by atomic mass is 16.5. The van der Waals surface area contributed by atoms with Gasteiger partial charge >= 0.3 is 0 Å². The molecule has 1 unspecified atom stereocenters. The third-order valence-electron chi connectivity index (χ3n) is 4.22. The highest BCUT2D eigenvalue weighted by Gasteiger charge is 2.32. The van der Waals surface area contributed by atoms with Crippen molar-refractivity contribution in [2.45, 2.75) is 31.8 Å². The summed E-state index contributed by atoms with van der Waals surface area (Å²) in [4.78, 5) is 4.58. The van der Waals surface area contributed by atoms with Crippen LogP contribution < -0.4 is 16.4 Å². The van der Waals surface area contributed by atoms with E-state index < -0.39 is 5.66 Å². The maximum absolute atomic E-state index is 6.46. The number of fused-ring (bicyclic) bond motifs is 1. The molecule has 3 aromatic rings. The van der Waals surface area contributed by atoms with Gasteiger partial charge in [0.25, 0.3) is 0 Å². The Balaban J connectivity index is 1.61. The quantitative estimate of drug-likeness (QED) is 0.564. The summed E-state index contributed by atoms with van der Waals surface area (Å²) in [5.41, 5.74) is 7.62. The fourth-order valence-electron chi connectivity index (χ4n) is 2.68. The molecule has 0 aliphatic carbocycles. The molecule has 8 nitrogen and oxygen atoms in total. The molecule has 2 aromatic heterocycles. The lowest BCUT2D eigenvalue weighted by atomic mass is 9.92. The van der Waals surface area contributed by atoms with Crippen molar-refractivity contribution in [2.24, 2.45) is 10.7 Å². The molecule has 1 aromatic carbocycles. The number of nitrogens with zero attached hydrogens (tertiary/aromatic N) is 3. The van der Waals surface area contributed by atoms with Gasteiger partial charge in [0.1, 0.15) is 11.5 Å². The van der Waals surface area contributed by atoms with E-state index in [-0.39, 0.29) is 5.41 Å². The Bertz CT molecular complexity index is 1010. The van der Waals surface area contributed by atoms with Crippen molar-refractivity contribution in [2.75, 3.05) is 5.32 Å². The van der Waals surface area contributed by atoms with Crippen LogP contribution in [-0.2, 0) is 11.1 Å². The summed E-state index contributed by atoms with van der Waals surface area (Å²) in [6, 6.07) is 7.73. The third kappa shape index (κ3) is 2.95. The predicted molar refractivity (Wildman–Crippen MR) is 100 cm³/mol. The molecule has 134 valence electrons. The molecule has 0 bridgehead atoms. The van der Waals surface area contributed by atoms with E-state index in [1.54, 1.807) is 18.5 Å². The van der Waals surface area contributed by atoms with Gasteiger partial charge < -0.3 is 15.2 Å². The van der Waals surface area contributed by atoms with Crippen LogP contribution in [0.5, 0.6) is 0 Å². The number of guanidine groups is 1. The zero-order chi connectivity index (χ0) is 18.4. The molecule has 0 fully saturated rings. The largest absolute Gasteiger partial charge is 0.360 e. The van der Waals surface area contributed by atoms with Crippen LogP contribution in [0.15, 0.2) is 52.3 Å². The first-order valence-corrected chi connectivity index (χ1v) is 8.34. The van der Waals surface area contributed by atoms with Crippen molar-refractivity contribution >= 4 is 22.5 Å². The van der Waals surface area contributed by atoms with Crippen molar-refractivity contribution in [3.05, 3.63) is 54.2 Å². The average molecular weight is 351 g/mol. The Morgan fingerprint density at radius 2 is 2.08 bits per heavy atom. The summed E-state index contributed by atoms with van der Waals surface area (Å²) < 4.78 is 5.46. The number of nitrogens with one attached hydrogen (secondary N) is 3. The maximum atomic E-state index is 6.46. The lowest BCUT2D eigenvalue weighted by Crippen LogP contribution is -2.42. The van der Waals surface area contributed by atoms with E-state index >= 15 is 0 Å². The van der Waals surface area contributed by atoms with Crippen molar-refractivity contribution in [1.82, 2.24) is 20.7 Å². The van der Waals surface area contributed by atoms with E-state index in [1.165, 1.54) is 0 Å². The van der Waals surface area contributed by atoms with Gasteiger partial charge in [0.05, 0.1) is 11.7 Å². The van der Waals surface area contributed by atoms with Gasteiger partial charge in [0.15, 0.2) is 5.66 Å². The first kappa shape index (κ1) is 16.3. The molecule has 8 heteroatoms. The molecular formula is C18H21N7O. The van der Waals surface area contributed by atoms with Gasteiger partial charge in [-0.05, 0) is 24.3 Å². The fourth-order valence-corrected chi connectivity index (χ4v) is 2.68. The molecule has 0 spiro atoms. The summed E-state index contributed by atoms with van der Waals surface area (Å²) in [6.07, 6.45) is 5.27. The normalized spacial score (nSPS) is 20.1. The second-order valence-corrected chi connectivity index (χ2v) is 7.39. The van der Waals surface area contributed by atoms with E-state index in [0.717, 1.165) is 22.4 Å². The molecule has 3 heterocycles. The number of rotatable bonds is 2. The second kappa shape index (κ2) is 5.70. The molecule has 0 saturated carbocycles. The Labute approximate surface area is 150 Å². The third-order valence-corrected chi connectivity index (χ3v) is 4.22. The molecule has 0 saturated heterocycles. The summed E-state index contributed by atoms with van der Waals surface area (Å²) in [5, 5.41) is 18.4. The standard InChI is InChI=1S/C18H21N7O/c1-17(2,3)15-9-14(25-26-15)18(19)6-7-20-16(23-18)22-12-4-5-13-11(8-12)10-21-24-13/h4-10H,19H2,1-3H3,(H,21,24)(H2,20,22,23). The zero-order valence-electron chi connectivity index (χ0n) is 14.9. The van der Waals surface area contributed by atoms with E-state index in [9.17, 15) is 0 Å². The smallest absolute Gasteiger partial charge is 0.202 e. The minimum Gasteiger partial charge on any atom is -0.360 e. The zero-order valence-corrected chi connectivity index (χ0v) is 14.9. The van der Waals surface area contributed by atoms with Gasteiger partial charge in [-0.25, -0.2) is 4.99 Å². The summed E-state index contributed by atoms with van der Waals surface area (Å²) >= 11 is 0. The number of aromatic amines is 1. The monoisotopic (exact) mass is 351 g/mol. The number of anilines is 1. The molecule has 26 heavy (non-hydrogen) atoms. The highest BCUT2D eigenvalue weighted by Crippen LogP contribution is 2.29. The van der Waals surface area contributed by atoms with Gasteiger partial charge in [0, 0.05) is 28.8 Å². The van der Waals surface area contributed by atoms with E-state index in [2.05, 4.69) is 51.8 Å². The molecular weight excluding hydrogens is 330 g/mol. The van der Waals surface area contributed by atoms with Gasteiger partial charge in [-0.3, -0.25) is 10.8 Å². The van der Waals surface area contributed by atoms with Crippen LogP contribution in [0.25, 0.3) is 10.9 Å². The Hall–Kier alpha value is -3.13. The van der Waals surface area contributed by atoms with Gasteiger partial charge in [0.2, 0.25) is 5.96 Å². The summed E-state index contributed by atoms with van der Waals surface area (Å²) in [7, 11) is 0. The van der Waals surface area contributed by atoms with Crippen molar-refractivity contribution in [1.29, 1.82) is 0 Å². The Morgan fingerprint density at radius 3 is 2.85 bits per heavy atom. The number of aromatic nitrogens is 3. The van der Waals surface area contributed by atoms with Gasteiger partial charge in [-0.1, -0.05) is 25.9 Å². The maximum Gasteiger partial charge on any atom is 0.202 e. The van der Waals surface area contributed by atoms with Gasteiger partial charge in [-0.2, -0.15) is 5.10 Å². The molecule has 4 rings (SSSR count). The average Bonchev–Trinajstić information content (AvgIpc) is 3.24. The van der Waals surface area contributed by atoms with Crippen molar-refractivity contribution in [3.8, 4) is 0 Å². The highest BCUT2D eigenvalue weighted by molar-refractivity contribution is 5.97. The second-order valence-electron chi connectivity index (χ2n) is 7.39. The first-order valence-electron chi connectivity index (χ1n) is 8.34. The number of benzene rings is 1. The number of hydrogen-bond donors (Lipinski definition) is 4. The van der Waals surface area contributed by atoms with Crippen LogP contribution in [0.3, 0.4) is 0 Å². The lowest BCUT2D eigenvalue weighted by Gasteiger charge is -2.24. The van der Waals surface area contributed by atoms with E-state index in [1.807, 2.05) is 24.3 Å². The molecule has 0 amide bonds. The van der Waals surface area contributed by atoms with Crippen LogP contribution in [0, 0.1) is 0 Å². The molecule has 1 aliphatic rings. The van der Waals surface area contributed by atoms with Crippen molar-refractivity contribution < 1.29 is 4.52 Å². The number of hydrogen-bond acceptors (Lipinski definition) is 7. The van der Waals surface area contributed by atoms with Crippen LogP contribution in [0.4, 0.5) is 5.69 Å². The van der Waals surface area contributed by atoms with Crippen LogP contribution >= 0.6 is 0 Å². The molecule has 1 aliphatic heterocycles. The minimum absolute atomic E-state index is 0.150. The summed E-state index contributed by atoms with van der Waals surface area (Å²) in [6.45, 7) is 6.17. The van der Waals surface area contributed by atoms with E-state index in [4.69, 9.17) is 10.3 Å². The number of aliphatic imine (C=N–C) groups is 1. The summed E-state index contributed by atoms with van der Waals surface area (Å²) in [5.74, 6) is 1.29. The SMILES string of the molecule is CC(C)(C)c1cc(C2(N)C=CNC(Nc3ccc4[nH]ncc4c3)=N2)no1. The van der Waals surface area contributed by atoms with Crippen LogP contribution in [0.1, 0.15) is 32.2 Å². The van der Waals surface area contributed by atoms with Crippen molar-refractivity contribution in [3.63, 3.8) is 0 Å². The Morgan fingerprint density at radius 1 is 1.23 bits per heavy atom. The van der Waals surface area contributed by atoms with Crippen LogP contribution in [0.2, 0.25) is 0 Å². The predicted octanol–water partition coefficient (Wildman–Crippen LogP) is 2.54.